The molecule has 2 aromatic carbocycles. The Labute approximate surface area is 219 Å². The number of ether oxygens (including phenoxy) is 3. The molecule has 0 saturated heterocycles. The molecule has 0 atom stereocenters. The van der Waals surface area contributed by atoms with Crippen LogP contribution < -0.4 is 19.5 Å². The summed E-state index contributed by atoms with van der Waals surface area (Å²) in [6, 6.07) is 14.7. The van der Waals surface area contributed by atoms with Crippen molar-refractivity contribution < 1.29 is 27.4 Å². The molecule has 194 valence electrons. The lowest BCUT2D eigenvalue weighted by atomic mass is 10.1. The van der Waals surface area contributed by atoms with Crippen molar-refractivity contribution in [2.24, 2.45) is 0 Å². The number of nitrogens with zero attached hydrogens (tertiary/aromatic N) is 3. The van der Waals surface area contributed by atoms with Crippen LogP contribution in [0.3, 0.4) is 0 Å². The Balaban J connectivity index is 1.63. The van der Waals surface area contributed by atoms with E-state index >= 15 is 0 Å². The van der Waals surface area contributed by atoms with Gasteiger partial charge in [0.05, 0.1) is 19.8 Å². The van der Waals surface area contributed by atoms with E-state index in [0.717, 1.165) is 17.6 Å². The van der Waals surface area contributed by atoms with E-state index in [-0.39, 0.29) is 15.0 Å². The predicted molar refractivity (Wildman–Crippen MR) is 140 cm³/mol. The molecule has 0 saturated carbocycles. The van der Waals surface area contributed by atoms with Gasteiger partial charge in [0.25, 0.3) is 5.91 Å². The summed E-state index contributed by atoms with van der Waals surface area (Å²) >= 11 is 0.699. The molecule has 0 aliphatic carbocycles. The SMILES string of the molecule is CCOc1cc(/C=C(/C#N)C(=O)Nc2nnc(S(C)(=O)=O)s2)ccc1OCCCOc1cccc(C)c1. The second-order valence-corrected chi connectivity index (χ2v) is 10.9. The summed E-state index contributed by atoms with van der Waals surface area (Å²) in [6.07, 6.45) is 3.03. The van der Waals surface area contributed by atoms with Crippen molar-refractivity contribution in [3.8, 4) is 23.3 Å². The molecular weight excluding hydrogens is 516 g/mol. The zero-order chi connectivity index (χ0) is 26.8. The monoisotopic (exact) mass is 542 g/mol. The summed E-state index contributed by atoms with van der Waals surface area (Å²) in [5, 5.41) is 19.0. The average Bonchev–Trinajstić information content (AvgIpc) is 3.33. The molecule has 12 heteroatoms. The lowest BCUT2D eigenvalue weighted by Gasteiger charge is -2.13. The van der Waals surface area contributed by atoms with Crippen LogP contribution in [0.5, 0.6) is 17.2 Å². The largest absolute Gasteiger partial charge is 0.493 e. The van der Waals surface area contributed by atoms with Gasteiger partial charge in [-0.2, -0.15) is 5.26 Å². The first-order valence-electron chi connectivity index (χ1n) is 11.3. The molecule has 37 heavy (non-hydrogen) atoms. The van der Waals surface area contributed by atoms with Crippen LogP contribution in [0.4, 0.5) is 5.13 Å². The minimum Gasteiger partial charge on any atom is -0.493 e. The smallest absolute Gasteiger partial charge is 0.268 e. The molecule has 0 fully saturated rings. The molecular formula is C25H26N4O6S2. The highest BCUT2D eigenvalue weighted by Crippen LogP contribution is 2.30. The number of sulfone groups is 1. The van der Waals surface area contributed by atoms with Gasteiger partial charge in [-0.05, 0) is 55.3 Å². The van der Waals surface area contributed by atoms with Crippen molar-refractivity contribution in [1.82, 2.24) is 10.2 Å². The Morgan fingerprint density at radius 2 is 1.89 bits per heavy atom. The molecule has 0 aliphatic heterocycles. The van der Waals surface area contributed by atoms with Crippen molar-refractivity contribution in [1.29, 1.82) is 5.26 Å². The molecule has 0 unspecified atom stereocenters. The maximum absolute atomic E-state index is 12.5. The van der Waals surface area contributed by atoms with Gasteiger partial charge in [-0.15, -0.1) is 10.2 Å². The molecule has 0 bridgehead atoms. The highest BCUT2D eigenvalue weighted by molar-refractivity contribution is 7.92. The van der Waals surface area contributed by atoms with Gasteiger partial charge in [-0.25, -0.2) is 8.42 Å². The fraction of sp³-hybridized carbons (Fsp3) is 0.280. The summed E-state index contributed by atoms with van der Waals surface area (Å²) in [4.78, 5) is 12.5. The van der Waals surface area contributed by atoms with Gasteiger partial charge in [0.15, 0.2) is 11.5 Å². The number of anilines is 1. The van der Waals surface area contributed by atoms with Gasteiger partial charge in [-0.1, -0.05) is 29.5 Å². The van der Waals surface area contributed by atoms with Gasteiger partial charge in [0.1, 0.15) is 17.4 Å². The first-order valence-corrected chi connectivity index (χ1v) is 14.0. The van der Waals surface area contributed by atoms with Gasteiger partial charge in [0, 0.05) is 12.7 Å². The van der Waals surface area contributed by atoms with Crippen LogP contribution >= 0.6 is 11.3 Å². The van der Waals surface area contributed by atoms with Gasteiger partial charge in [-0.3, -0.25) is 10.1 Å². The van der Waals surface area contributed by atoms with Crippen molar-refractivity contribution in [3.63, 3.8) is 0 Å². The third kappa shape index (κ3) is 8.30. The maximum atomic E-state index is 12.5. The number of aromatic nitrogens is 2. The van der Waals surface area contributed by atoms with E-state index in [1.165, 1.54) is 6.08 Å². The van der Waals surface area contributed by atoms with Crippen LogP contribution in [0.25, 0.3) is 6.08 Å². The number of hydrogen-bond acceptors (Lipinski definition) is 10. The van der Waals surface area contributed by atoms with Crippen molar-refractivity contribution in [3.05, 3.63) is 59.2 Å². The van der Waals surface area contributed by atoms with Crippen LogP contribution in [0, 0.1) is 18.3 Å². The lowest BCUT2D eigenvalue weighted by Crippen LogP contribution is -2.13. The van der Waals surface area contributed by atoms with Crippen LogP contribution in [0.2, 0.25) is 0 Å². The Bertz CT molecular complexity index is 1430. The zero-order valence-corrected chi connectivity index (χ0v) is 22.2. The van der Waals surface area contributed by atoms with E-state index in [2.05, 4.69) is 15.5 Å². The number of nitrogens with one attached hydrogen (secondary N) is 1. The summed E-state index contributed by atoms with van der Waals surface area (Å²) < 4.78 is 40.1. The summed E-state index contributed by atoms with van der Waals surface area (Å²) in [5.41, 5.74) is 1.46. The quantitative estimate of drug-likeness (QED) is 0.155. The number of nitriles is 1. The fourth-order valence-electron chi connectivity index (χ4n) is 3.03. The molecule has 0 aliphatic rings. The fourth-order valence-corrected chi connectivity index (χ4v) is 4.53. The molecule has 1 amide bonds. The van der Waals surface area contributed by atoms with Crippen LogP contribution in [-0.4, -0.2) is 50.6 Å². The second kappa shape index (κ2) is 12.8. The van der Waals surface area contributed by atoms with Gasteiger partial charge < -0.3 is 14.2 Å². The summed E-state index contributed by atoms with van der Waals surface area (Å²) in [5.74, 6) is 1.06. The average molecular weight is 543 g/mol. The first kappa shape index (κ1) is 27.6. The second-order valence-electron chi connectivity index (χ2n) is 7.78. The summed E-state index contributed by atoms with van der Waals surface area (Å²) in [6.45, 7) is 5.14. The third-order valence-electron chi connectivity index (χ3n) is 4.69. The third-order valence-corrected chi connectivity index (χ3v) is 7.20. The highest BCUT2D eigenvalue weighted by atomic mass is 32.2. The van der Waals surface area contributed by atoms with Crippen molar-refractivity contribution in [2.75, 3.05) is 31.4 Å². The Morgan fingerprint density at radius 1 is 1.11 bits per heavy atom. The van der Waals surface area contributed by atoms with E-state index in [9.17, 15) is 18.5 Å². The van der Waals surface area contributed by atoms with E-state index in [1.807, 2.05) is 44.2 Å². The van der Waals surface area contributed by atoms with E-state index in [4.69, 9.17) is 14.2 Å². The number of benzene rings is 2. The molecule has 1 heterocycles. The predicted octanol–water partition coefficient (Wildman–Crippen LogP) is 4.04. The number of hydrogen-bond donors (Lipinski definition) is 1. The van der Waals surface area contributed by atoms with Crippen LogP contribution in [0.15, 0.2) is 52.4 Å². The van der Waals surface area contributed by atoms with Crippen molar-refractivity contribution >= 4 is 38.3 Å². The molecule has 1 N–H and O–H groups in total. The summed E-state index contributed by atoms with van der Waals surface area (Å²) in [7, 11) is -3.55. The molecule has 3 rings (SSSR count). The number of carbonyl (C=O) groups is 1. The minimum atomic E-state index is -3.55. The van der Waals surface area contributed by atoms with E-state index < -0.39 is 15.7 Å². The molecule has 3 aromatic rings. The molecule has 1 aromatic heterocycles. The standard InChI is InChI=1S/C25H26N4O6S2/c1-4-33-22-15-18(9-10-21(22)35-12-6-11-34-20-8-5-7-17(2)13-20)14-19(16-26)23(30)27-24-28-29-25(36-24)37(3,31)32/h5,7-10,13-15H,4,6,11-12H2,1-3H3,(H,27,28,30)/b19-14-. The minimum absolute atomic E-state index is 0.0308. The maximum Gasteiger partial charge on any atom is 0.268 e. The number of rotatable bonds is 12. The van der Waals surface area contributed by atoms with E-state index in [0.29, 0.717) is 54.6 Å². The molecule has 0 radical (unpaired) electrons. The van der Waals surface area contributed by atoms with Gasteiger partial charge >= 0.3 is 0 Å². The zero-order valence-electron chi connectivity index (χ0n) is 20.6. The van der Waals surface area contributed by atoms with Gasteiger partial charge in [0.2, 0.25) is 19.3 Å². The Hall–Kier alpha value is -3.95. The molecule has 0 spiro atoms. The van der Waals surface area contributed by atoms with Crippen molar-refractivity contribution in [2.45, 2.75) is 24.6 Å². The number of carbonyl (C=O) groups excluding carboxylic acids is 1. The van der Waals surface area contributed by atoms with Crippen LogP contribution in [-0.2, 0) is 14.6 Å². The highest BCUT2D eigenvalue weighted by Gasteiger charge is 2.18. The first-order chi connectivity index (χ1) is 17.7. The topological polar surface area (TPSA) is 140 Å². The molecule has 10 nitrogen and oxygen atoms in total. The lowest BCUT2D eigenvalue weighted by molar-refractivity contribution is -0.112. The Morgan fingerprint density at radius 3 is 2.57 bits per heavy atom. The number of aryl methyl sites for hydroxylation is 1. The normalized spacial score (nSPS) is 11.5. The van der Waals surface area contributed by atoms with E-state index in [1.54, 1.807) is 18.2 Å². The van der Waals surface area contributed by atoms with Crippen LogP contribution in [0.1, 0.15) is 24.5 Å². The Kier molecular flexibility index (Phi) is 9.59. The number of amides is 1.